The van der Waals surface area contributed by atoms with Gasteiger partial charge in [-0.2, -0.15) is 0 Å². The van der Waals surface area contributed by atoms with Crippen LogP contribution >= 0.6 is 0 Å². The lowest BCUT2D eigenvalue weighted by Crippen LogP contribution is -2.47. The fraction of sp³-hybridized carbons (Fsp3) is 0.933. The van der Waals surface area contributed by atoms with Crippen molar-refractivity contribution in [1.82, 2.24) is 0 Å². The average molecular weight is 268 g/mol. The van der Waals surface area contributed by atoms with Gasteiger partial charge in [-0.15, -0.1) is 0 Å². The Bertz CT molecular complexity index is 356. The Kier molecular flexibility index (Phi) is 3.30. The summed E-state index contributed by atoms with van der Waals surface area (Å²) in [6.45, 7) is 13.4. The molecule has 2 aliphatic carbocycles. The van der Waals surface area contributed by atoms with Gasteiger partial charge in [0.1, 0.15) is 5.78 Å². The standard InChI is InChI=1S/C15H28O2Si/c1-14(2)9-11(16)13-12(17-18(4,5)6)7-8-15(13,3)10-14/h12-13H,7-10H2,1-6H3/t12-,13+,15+/m0/s1. The molecule has 0 aromatic carbocycles. The van der Waals surface area contributed by atoms with Gasteiger partial charge >= 0.3 is 0 Å². The van der Waals surface area contributed by atoms with Crippen molar-refractivity contribution < 1.29 is 9.22 Å². The first-order valence-electron chi connectivity index (χ1n) is 7.23. The molecule has 0 aliphatic heterocycles. The SMILES string of the molecule is CC1(C)CC(=O)[C@@H]2[C@@H](O[Si](C)(C)C)CC[C@]2(C)C1. The largest absolute Gasteiger partial charge is 0.414 e. The van der Waals surface area contributed by atoms with E-state index in [2.05, 4.69) is 40.4 Å². The third-order valence-corrected chi connectivity index (χ3v) is 5.52. The summed E-state index contributed by atoms with van der Waals surface area (Å²) in [6.07, 6.45) is 4.33. The highest BCUT2D eigenvalue weighted by atomic mass is 28.4. The van der Waals surface area contributed by atoms with E-state index in [-0.39, 0.29) is 22.9 Å². The predicted octanol–water partition coefficient (Wildman–Crippen LogP) is 4.01. The third kappa shape index (κ3) is 2.72. The molecule has 0 radical (unpaired) electrons. The van der Waals surface area contributed by atoms with E-state index in [9.17, 15) is 4.79 Å². The van der Waals surface area contributed by atoms with Gasteiger partial charge in [-0.3, -0.25) is 4.79 Å². The Morgan fingerprint density at radius 3 is 2.39 bits per heavy atom. The number of ketones is 1. The molecule has 18 heavy (non-hydrogen) atoms. The summed E-state index contributed by atoms with van der Waals surface area (Å²) in [5.41, 5.74) is 0.361. The number of fused-ring (bicyclic) bond motifs is 1. The summed E-state index contributed by atoms with van der Waals surface area (Å²) in [6, 6.07) is 0. The van der Waals surface area contributed by atoms with Crippen molar-refractivity contribution in [1.29, 1.82) is 0 Å². The second-order valence-electron chi connectivity index (χ2n) is 8.42. The Morgan fingerprint density at radius 1 is 1.22 bits per heavy atom. The molecule has 2 nitrogen and oxygen atoms in total. The van der Waals surface area contributed by atoms with E-state index in [1.807, 2.05) is 0 Å². The van der Waals surface area contributed by atoms with Crippen molar-refractivity contribution in [2.24, 2.45) is 16.7 Å². The maximum absolute atomic E-state index is 12.5. The molecule has 3 heteroatoms. The molecule has 0 unspecified atom stereocenters. The van der Waals surface area contributed by atoms with Gasteiger partial charge in [-0.1, -0.05) is 20.8 Å². The van der Waals surface area contributed by atoms with E-state index in [1.165, 1.54) is 6.42 Å². The van der Waals surface area contributed by atoms with Crippen LogP contribution in [0.15, 0.2) is 0 Å². The molecule has 0 saturated heterocycles. The molecule has 0 amide bonds. The van der Waals surface area contributed by atoms with E-state index >= 15 is 0 Å². The van der Waals surface area contributed by atoms with Gasteiger partial charge in [-0.05, 0) is 49.7 Å². The summed E-state index contributed by atoms with van der Waals surface area (Å²) < 4.78 is 6.29. The molecule has 2 aliphatic rings. The van der Waals surface area contributed by atoms with Gasteiger partial charge in [0.15, 0.2) is 8.32 Å². The van der Waals surface area contributed by atoms with Crippen molar-refractivity contribution in [3.05, 3.63) is 0 Å². The normalized spacial score (nSPS) is 39.8. The van der Waals surface area contributed by atoms with E-state index < -0.39 is 8.32 Å². The molecule has 0 aromatic rings. The summed E-state index contributed by atoms with van der Waals surface area (Å²) >= 11 is 0. The van der Waals surface area contributed by atoms with Crippen LogP contribution in [0.1, 0.15) is 46.5 Å². The summed E-state index contributed by atoms with van der Waals surface area (Å²) in [5, 5.41) is 0. The van der Waals surface area contributed by atoms with Crippen LogP contribution in [0.25, 0.3) is 0 Å². The maximum Gasteiger partial charge on any atom is 0.184 e. The second kappa shape index (κ2) is 4.17. The van der Waals surface area contributed by atoms with E-state index in [0.717, 1.165) is 19.3 Å². The van der Waals surface area contributed by atoms with E-state index in [0.29, 0.717) is 5.78 Å². The first kappa shape index (κ1) is 14.3. The molecular formula is C15H28O2Si. The fourth-order valence-electron chi connectivity index (χ4n) is 4.36. The predicted molar refractivity (Wildman–Crippen MR) is 77.1 cm³/mol. The van der Waals surface area contributed by atoms with Crippen LogP contribution in [-0.4, -0.2) is 20.2 Å². The molecular weight excluding hydrogens is 240 g/mol. The zero-order chi connectivity index (χ0) is 13.8. The molecule has 3 atom stereocenters. The number of rotatable bonds is 2. The smallest absolute Gasteiger partial charge is 0.184 e. The Hall–Kier alpha value is -0.153. The maximum atomic E-state index is 12.5. The average Bonchev–Trinajstić information content (AvgIpc) is 2.36. The van der Waals surface area contributed by atoms with Crippen LogP contribution in [0, 0.1) is 16.7 Å². The van der Waals surface area contributed by atoms with Crippen molar-refractivity contribution in [3.63, 3.8) is 0 Å². The van der Waals surface area contributed by atoms with Crippen LogP contribution in [0.3, 0.4) is 0 Å². The lowest BCUT2D eigenvalue weighted by Gasteiger charge is -2.45. The highest BCUT2D eigenvalue weighted by Crippen LogP contribution is 2.56. The molecule has 0 aromatic heterocycles. The second-order valence-corrected chi connectivity index (χ2v) is 12.9. The van der Waals surface area contributed by atoms with Crippen LogP contribution in [0.4, 0.5) is 0 Å². The molecule has 2 saturated carbocycles. The Morgan fingerprint density at radius 2 is 1.83 bits per heavy atom. The van der Waals surface area contributed by atoms with Crippen molar-refractivity contribution in [2.75, 3.05) is 0 Å². The van der Waals surface area contributed by atoms with Gasteiger partial charge in [0.2, 0.25) is 0 Å². The monoisotopic (exact) mass is 268 g/mol. The van der Waals surface area contributed by atoms with Crippen LogP contribution in [0.5, 0.6) is 0 Å². The molecule has 104 valence electrons. The highest BCUT2D eigenvalue weighted by Gasteiger charge is 2.55. The minimum atomic E-state index is -1.55. The zero-order valence-electron chi connectivity index (χ0n) is 12.8. The van der Waals surface area contributed by atoms with Crippen LogP contribution < -0.4 is 0 Å². The Balaban J connectivity index is 2.21. The van der Waals surface area contributed by atoms with E-state index in [1.54, 1.807) is 0 Å². The molecule has 2 rings (SSSR count). The van der Waals surface area contributed by atoms with Crippen LogP contribution in [-0.2, 0) is 9.22 Å². The zero-order valence-corrected chi connectivity index (χ0v) is 13.8. The molecule has 0 spiro atoms. The molecule has 0 bridgehead atoms. The first-order chi connectivity index (χ1) is 8.03. The number of hydrogen-bond donors (Lipinski definition) is 0. The van der Waals surface area contributed by atoms with Crippen molar-refractivity contribution in [2.45, 2.75) is 72.2 Å². The lowest BCUT2D eigenvalue weighted by atomic mass is 9.59. The highest BCUT2D eigenvalue weighted by molar-refractivity contribution is 6.69. The fourth-order valence-corrected chi connectivity index (χ4v) is 5.52. The number of hydrogen-bond acceptors (Lipinski definition) is 2. The minimum Gasteiger partial charge on any atom is -0.414 e. The van der Waals surface area contributed by atoms with Crippen LogP contribution in [0.2, 0.25) is 19.6 Å². The summed E-state index contributed by atoms with van der Waals surface area (Å²) in [5.74, 6) is 0.617. The van der Waals surface area contributed by atoms with Gasteiger partial charge in [0.05, 0.1) is 6.10 Å². The third-order valence-electron chi connectivity index (χ3n) is 4.51. The number of Topliss-reactive ketones (excluding diaryl/α,β-unsaturated/α-hetero) is 1. The van der Waals surface area contributed by atoms with Gasteiger partial charge in [0, 0.05) is 12.3 Å². The Labute approximate surface area is 113 Å². The molecule has 2 fully saturated rings. The molecule has 0 N–H and O–H groups in total. The molecule has 0 heterocycles. The van der Waals surface area contributed by atoms with Gasteiger partial charge in [-0.25, -0.2) is 0 Å². The lowest BCUT2D eigenvalue weighted by molar-refractivity contribution is -0.137. The quantitative estimate of drug-likeness (QED) is 0.707. The topological polar surface area (TPSA) is 26.3 Å². The first-order valence-corrected chi connectivity index (χ1v) is 10.6. The van der Waals surface area contributed by atoms with Crippen molar-refractivity contribution >= 4 is 14.1 Å². The number of carbonyl (C=O) groups is 1. The summed E-state index contributed by atoms with van der Waals surface area (Å²) in [4.78, 5) is 12.5. The van der Waals surface area contributed by atoms with Gasteiger partial charge < -0.3 is 4.43 Å². The van der Waals surface area contributed by atoms with Crippen molar-refractivity contribution in [3.8, 4) is 0 Å². The van der Waals surface area contributed by atoms with E-state index in [4.69, 9.17) is 4.43 Å². The minimum absolute atomic E-state index is 0.164. The van der Waals surface area contributed by atoms with Gasteiger partial charge in [0.25, 0.3) is 0 Å². The summed E-state index contributed by atoms with van der Waals surface area (Å²) in [7, 11) is -1.55. The number of carbonyl (C=O) groups excluding carboxylic acids is 1.